The maximum atomic E-state index is 10.3. The van der Waals surface area contributed by atoms with Crippen LogP contribution in [-0.2, 0) is 13.0 Å². The lowest BCUT2D eigenvalue weighted by atomic mass is 10.1. The monoisotopic (exact) mass is 298 g/mol. The minimum Gasteiger partial charge on any atom is -0.384 e. The maximum Gasteiger partial charge on any atom is 0.248 e. The zero-order valence-electron chi connectivity index (χ0n) is 12.4. The summed E-state index contributed by atoms with van der Waals surface area (Å²) in [6.45, 7) is 2.47. The molecule has 0 aliphatic heterocycles. The summed E-state index contributed by atoms with van der Waals surface area (Å²) >= 11 is 0. The van der Waals surface area contributed by atoms with E-state index in [0.29, 0.717) is 18.3 Å². The summed E-state index contributed by atoms with van der Waals surface area (Å²) in [5.74, 6) is 1.24. The molecule has 0 spiro atoms. The number of rotatable bonds is 6. The van der Waals surface area contributed by atoms with E-state index in [0.717, 1.165) is 24.0 Å². The first-order chi connectivity index (χ1) is 10.8. The van der Waals surface area contributed by atoms with Crippen molar-refractivity contribution in [1.82, 2.24) is 19.9 Å². The van der Waals surface area contributed by atoms with E-state index < -0.39 is 6.10 Å². The molecule has 0 amide bonds. The van der Waals surface area contributed by atoms with Crippen molar-refractivity contribution in [3.8, 4) is 0 Å². The van der Waals surface area contributed by atoms with Crippen molar-refractivity contribution in [3.63, 3.8) is 0 Å². The average Bonchev–Trinajstić information content (AvgIpc) is 3.18. The Bertz CT molecular complexity index is 721. The van der Waals surface area contributed by atoms with Crippen molar-refractivity contribution in [1.29, 1.82) is 0 Å². The fraction of sp³-hybridized carbons (Fsp3) is 0.312. The Morgan fingerprint density at radius 1 is 1.23 bits per heavy atom. The molecule has 1 aromatic carbocycles. The predicted molar refractivity (Wildman–Crippen MR) is 80.1 cm³/mol. The van der Waals surface area contributed by atoms with Crippen LogP contribution in [0.5, 0.6) is 0 Å². The van der Waals surface area contributed by atoms with E-state index in [1.807, 2.05) is 30.3 Å². The van der Waals surface area contributed by atoms with Gasteiger partial charge in [-0.2, -0.15) is 10.1 Å². The fourth-order valence-electron chi connectivity index (χ4n) is 2.25. The third-order valence-electron chi connectivity index (χ3n) is 3.37. The summed E-state index contributed by atoms with van der Waals surface area (Å²) < 4.78 is 6.88. The number of nitrogens with zero attached hydrogens (tertiary/aromatic N) is 4. The molecule has 1 N–H and O–H groups in total. The topological polar surface area (TPSA) is 77.0 Å². The Morgan fingerprint density at radius 3 is 2.82 bits per heavy atom. The van der Waals surface area contributed by atoms with Gasteiger partial charge in [0.1, 0.15) is 12.6 Å². The zero-order chi connectivity index (χ0) is 15.4. The van der Waals surface area contributed by atoms with Gasteiger partial charge in [-0.15, -0.1) is 0 Å². The molecule has 6 heteroatoms. The summed E-state index contributed by atoms with van der Waals surface area (Å²) in [6.07, 6.45) is 4.55. The summed E-state index contributed by atoms with van der Waals surface area (Å²) in [5, 5.41) is 18.5. The molecule has 0 fully saturated rings. The van der Waals surface area contributed by atoms with E-state index in [1.165, 1.54) is 0 Å². The van der Waals surface area contributed by atoms with Gasteiger partial charge in [0.2, 0.25) is 5.89 Å². The molecule has 2 aromatic heterocycles. The first-order valence-corrected chi connectivity index (χ1v) is 7.33. The van der Waals surface area contributed by atoms with Gasteiger partial charge in [0.25, 0.3) is 0 Å². The van der Waals surface area contributed by atoms with E-state index in [1.54, 1.807) is 17.1 Å². The van der Waals surface area contributed by atoms with Crippen LogP contribution in [0.15, 0.2) is 47.2 Å². The fourth-order valence-corrected chi connectivity index (χ4v) is 2.25. The van der Waals surface area contributed by atoms with Gasteiger partial charge in [0, 0.05) is 18.2 Å². The minimum absolute atomic E-state index is 0.401. The molecule has 1 unspecified atom stereocenters. The van der Waals surface area contributed by atoms with Gasteiger partial charge in [-0.1, -0.05) is 42.4 Å². The molecule has 114 valence electrons. The van der Waals surface area contributed by atoms with Crippen LogP contribution >= 0.6 is 0 Å². The summed E-state index contributed by atoms with van der Waals surface area (Å²) in [4.78, 5) is 4.31. The molecular weight excluding hydrogens is 280 g/mol. The van der Waals surface area contributed by atoms with Crippen LogP contribution in [0.2, 0.25) is 0 Å². The Balaban J connectivity index is 1.70. The van der Waals surface area contributed by atoms with E-state index in [2.05, 4.69) is 22.2 Å². The molecule has 0 radical (unpaired) electrons. The number of aliphatic hydroxyl groups excluding tert-OH is 1. The van der Waals surface area contributed by atoms with Crippen molar-refractivity contribution in [2.45, 2.75) is 32.4 Å². The predicted octanol–water partition coefficient (Wildman–Crippen LogP) is 2.35. The Kier molecular flexibility index (Phi) is 4.29. The Morgan fingerprint density at radius 2 is 2.05 bits per heavy atom. The quantitative estimate of drug-likeness (QED) is 0.756. The lowest BCUT2D eigenvalue weighted by molar-refractivity contribution is 0.220. The number of aromatic nitrogens is 4. The first kappa shape index (κ1) is 14.5. The van der Waals surface area contributed by atoms with Crippen molar-refractivity contribution < 1.29 is 9.63 Å². The standard InChI is InChI=1S/C16H18N4O2/c1-2-6-14-18-15(22-19-14)11-20-10-13(9-17-20)16(21)12-7-4-3-5-8-12/h3-5,7-10,16,21H,2,6,11H2,1H3. The van der Waals surface area contributed by atoms with Crippen molar-refractivity contribution >= 4 is 0 Å². The van der Waals surface area contributed by atoms with Crippen molar-refractivity contribution in [2.75, 3.05) is 0 Å². The van der Waals surface area contributed by atoms with E-state index >= 15 is 0 Å². The third-order valence-corrected chi connectivity index (χ3v) is 3.37. The number of hydrogen-bond acceptors (Lipinski definition) is 5. The van der Waals surface area contributed by atoms with Crippen molar-refractivity contribution in [2.24, 2.45) is 0 Å². The van der Waals surface area contributed by atoms with Gasteiger partial charge in [0.15, 0.2) is 5.82 Å². The van der Waals surface area contributed by atoms with E-state index in [9.17, 15) is 5.11 Å². The van der Waals surface area contributed by atoms with Crippen molar-refractivity contribution in [3.05, 3.63) is 65.6 Å². The van der Waals surface area contributed by atoms with Crippen LogP contribution in [0.3, 0.4) is 0 Å². The molecule has 0 saturated carbocycles. The molecule has 0 aliphatic rings. The Labute approximate surface area is 128 Å². The highest BCUT2D eigenvalue weighted by molar-refractivity contribution is 5.26. The highest BCUT2D eigenvalue weighted by Gasteiger charge is 2.13. The number of aliphatic hydroxyl groups is 1. The highest BCUT2D eigenvalue weighted by atomic mass is 16.5. The molecule has 0 bridgehead atoms. The molecule has 1 atom stereocenters. The second-order valence-electron chi connectivity index (χ2n) is 5.14. The highest BCUT2D eigenvalue weighted by Crippen LogP contribution is 2.21. The minimum atomic E-state index is -0.687. The number of hydrogen-bond donors (Lipinski definition) is 1. The molecular formula is C16H18N4O2. The van der Waals surface area contributed by atoms with Gasteiger partial charge in [-0.25, -0.2) is 0 Å². The smallest absolute Gasteiger partial charge is 0.248 e. The molecule has 0 saturated heterocycles. The average molecular weight is 298 g/mol. The van der Waals surface area contributed by atoms with Gasteiger partial charge in [-0.05, 0) is 12.0 Å². The summed E-state index contributed by atoms with van der Waals surface area (Å²) in [6, 6.07) is 9.49. The van der Waals surface area contributed by atoms with Crippen LogP contribution in [0, 0.1) is 0 Å². The van der Waals surface area contributed by atoms with Crippen LogP contribution in [0.1, 0.15) is 42.3 Å². The van der Waals surface area contributed by atoms with Crippen LogP contribution in [0.4, 0.5) is 0 Å². The van der Waals surface area contributed by atoms with Gasteiger partial charge in [0.05, 0.1) is 6.20 Å². The SMILES string of the molecule is CCCc1noc(Cn2cc(C(O)c3ccccc3)cn2)n1. The van der Waals surface area contributed by atoms with Gasteiger partial charge < -0.3 is 9.63 Å². The normalized spacial score (nSPS) is 12.5. The molecule has 22 heavy (non-hydrogen) atoms. The molecule has 0 aliphatic carbocycles. The molecule has 6 nitrogen and oxygen atoms in total. The third kappa shape index (κ3) is 3.23. The van der Waals surface area contributed by atoms with E-state index in [4.69, 9.17) is 4.52 Å². The molecule has 3 aromatic rings. The van der Waals surface area contributed by atoms with E-state index in [-0.39, 0.29) is 0 Å². The van der Waals surface area contributed by atoms with Crippen LogP contribution in [0.25, 0.3) is 0 Å². The number of benzene rings is 1. The second kappa shape index (κ2) is 6.53. The summed E-state index contributed by atoms with van der Waals surface area (Å²) in [7, 11) is 0. The molecule has 2 heterocycles. The second-order valence-corrected chi connectivity index (χ2v) is 5.14. The first-order valence-electron chi connectivity index (χ1n) is 7.33. The van der Waals surface area contributed by atoms with Crippen LogP contribution < -0.4 is 0 Å². The zero-order valence-corrected chi connectivity index (χ0v) is 12.4. The summed E-state index contributed by atoms with van der Waals surface area (Å²) in [5.41, 5.74) is 1.57. The lowest BCUT2D eigenvalue weighted by Crippen LogP contribution is -2.01. The van der Waals surface area contributed by atoms with Gasteiger partial charge in [-0.3, -0.25) is 4.68 Å². The largest absolute Gasteiger partial charge is 0.384 e. The van der Waals surface area contributed by atoms with Gasteiger partial charge >= 0.3 is 0 Å². The lowest BCUT2D eigenvalue weighted by Gasteiger charge is -2.07. The number of aryl methyl sites for hydroxylation is 1. The maximum absolute atomic E-state index is 10.3. The van der Waals surface area contributed by atoms with Crippen LogP contribution in [-0.4, -0.2) is 25.0 Å². The molecule has 3 rings (SSSR count). The Hall–Kier alpha value is -2.47.